The Labute approximate surface area is 171 Å². The van der Waals surface area contributed by atoms with Gasteiger partial charge in [0.1, 0.15) is 0 Å². The number of benzene rings is 1. The highest BCUT2D eigenvalue weighted by Gasteiger charge is 2.30. The zero-order chi connectivity index (χ0) is 20.2. The van der Waals surface area contributed by atoms with Crippen LogP contribution in [0.5, 0.6) is 0 Å². The SMILES string of the molecule is O=C(Nc1ccc(NC(=O)C2CCN(C(=O)N3CCCC3)CC2)cc1)NC1CC1. The Morgan fingerprint density at radius 1 is 0.759 bits per heavy atom. The van der Waals surface area contributed by atoms with Gasteiger partial charge in [0.05, 0.1) is 0 Å². The molecule has 1 aromatic carbocycles. The molecule has 1 saturated carbocycles. The summed E-state index contributed by atoms with van der Waals surface area (Å²) in [5, 5.41) is 8.61. The quantitative estimate of drug-likeness (QED) is 0.727. The molecule has 0 unspecified atom stereocenters. The number of urea groups is 2. The number of rotatable bonds is 4. The van der Waals surface area contributed by atoms with E-state index in [1.54, 1.807) is 24.3 Å². The first-order chi connectivity index (χ1) is 14.1. The average Bonchev–Trinajstić information content (AvgIpc) is 3.37. The van der Waals surface area contributed by atoms with E-state index in [2.05, 4.69) is 16.0 Å². The molecule has 8 nitrogen and oxygen atoms in total. The maximum absolute atomic E-state index is 12.6. The summed E-state index contributed by atoms with van der Waals surface area (Å²) in [6.45, 7) is 2.97. The molecule has 156 valence electrons. The van der Waals surface area contributed by atoms with Crippen molar-refractivity contribution in [2.24, 2.45) is 5.92 Å². The molecular weight excluding hydrogens is 370 g/mol. The fourth-order valence-electron chi connectivity index (χ4n) is 3.90. The second-order valence-electron chi connectivity index (χ2n) is 8.18. The molecule has 0 atom stereocenters. The van der Waals surface area contributed by atoms with E-state index >= 15 is 0 Å². The Balaban J connectivity index is 1.22. The Bertz CT molecular complexity index is 748. The van der Waals surface area contributed by atoms with Crippen LogP contribution in [-0.2, 0) is 4.79 Å². The Morgan fingerprint density at radius 3 is 1.90 bits per heavy atom. The van der Waals surface area contributed by atoms with Gasteiger partial charge in [0.15, 0.2) is 0 Å². The van der Waals surface area contributed by atoms with Gasteiger partial charge in [0.2, 0.25) is 5.91 Å². The van der Waals surface area contributed by atoms with Crippen molar-refractivity contribution in [3.63, 3.8) is 0 Å². The number of nitrogens with zero attached hydrogens (tertiary/aromatic N) is 2. The summed E-state index contributed by atoms with van der Waals surface area (Å²) in [6.07, 6.45) is 5.64. The van der Waals surface area contributed by atoms with E-state index in [1.165, 1.54) is 0 Å². The molecule has 0 bridgehead atoms. The van der Waals surface area contributed by atoms with Crippen molar-refractivity contribution >= 4 is 29.3 Å². The maximum atomic E-state index is 12.6. The molecule has 2 saturated heterocycles. The summed E-state index contributed by atoms with van der Waals surface area (Å²) in [5.41, 5.74) is 1.40. The van der Waals surface area contributed by atoms with Crippen molar-refractivity contribution in [1.82, 2.24) is 15.1 Å². The molecule has 4 rings (SSSR count). The van der Waals surface area contributed by atoms with E-state index in [-0.39, 0.29) is 23.9 Å². The van der Waals surface area contributed by atoms with Crippen molar-refractivity contribution in [2.75, 3.05) is 36.8 Å². The van der Waals surface area contributed by atoms with Gasteiger partial charge >= 0.3 is 12.1 Å². The third-order valence-electron chi connectivity index (χ3n) is 5.84. The molecule has 0 spiro atoms. The van der Waals surface area contributed by atoms with Crippen LogP contribution in [0.25, 0.3) is 0 Å². The number of hydrogen-bond donors (Lipinski definition) is 3. The zero-order valence-corrected chi connectivity index (χ0v) is 16.7. The predicted octanol–water partition coefficient (Wildman–Crippen LogP) is 2.84. The first kappa shape index (κ1) is 19.5. The minimum Gasteiger partial charge on any atom is -0.335 e. The van der Waals surface area contributed by atoms with Crippen LogP contribution in [0.1, 0.15) is 38.5 Å². The second-order valence-corrected chi connectivity index (χ2v) is 8.18. The van der Waals surface area contributed by atoms with Crippen LogP contribution in [0.3, 0.4) is 0 Å². The van der Waals surface area contributed by atoms with Crippen LogP contribution in [-0.4, -0.2) is 60.0 Å². The summed E-state index contributed by atoms with van der Waals surface area (Å²) in [7, 11) is 0. The molecule has 5 amide bonds. The minimum absolute atomic E-state index is 0.00884. The lowest BCUT2D eigenvalue weighted by atomic mass is 9.96. The third-order valence-corrected chi connectivity index (χ3v) is 5.84. The average molecular weight is 399 g/mol. The molecule has 1 aromatic rings. The number of anilines is 2. The van der Waals surface area contributed by atoms with E-state index < -0.39 is 0 Å². The molecule has 3 N–H and O–H groups in total. The van der Waals surface area contributed by atoms with E-state index in [4.69, 9.17) is 0 Å². The second kappa shape index (κ2) is 8.71. The highest BCUT2D eigenvalue weighted by Crippen LogP contribution is 2.23. The Hall–Kier alpha value is -2.77. The number of piperidine rings is 1. The maximum Gasteiger partial charge on any atom is 0.319 e. The Kier molecular flexibility index (Phi) is 5.87. The normalized spacial score (nSPS) is 19.7. The molecule has 0 radical (unpaired) electrons. The lowest BCUT2D eigenvalue weighted by molar-refractivity contribution is -0.121. The van der Waals surface area contributed by atoms with Gasteiger partial charge in [-0.3, -0.25) is 4.79 Å². The predicted molar refractivity (Wildman–Crippen MR) is 111 cm³/mol. The third kappa shape index (κ3) is 5.19. The van der Waals surface area contributed by atoms with Crippen molar-refractivity contribution in [2.45, 2.75) is 44.6 Å². The van der Waals surface area contributed by atoms with Crippen LogP contribution < -0.4 is 16.0 Å². The van der Waals surface area contributed by atoms with E-state index in [9.17, 15) is 14.4 Å². The lowest BCUT2D eigenvalue weighted by Gasteiger charge is -2.34. The molecule has 2 aliphatic heterocycles. The molecule has 3 aliphatic rings. The topological polar surface area (TPSA) is 93.8 Å². The van der Waals surface area contributed by atoms with E-state index in [0.29, 0.717) is 43.3 Å². The summed E-state index contributed by atoms with van der Waals surface area (Å²) in [5.74, 6) is -0.0924. The molecule has 29 heavy (non-hydrogen) atoms. The van der Waals surface area contributed by atoms with Crippen molar-refractivity contribution < 1.29 is 14.4 Å². The van der Waals surface area contributed by atoms with Crippen molar-refractivity contribution in [3.05, 3.63) is 24.3 Å². The summed E-state index contributed by atoms with van der Waals surface area (Å²) >= 11 is 0. The van der Waals surface area contributed by atoms with Gasteiger partial charge < -0.3 is 25.8 Å². The fraction of sp³-hybridized carbons (Fsp3) is 0.571. The van der Waals surface area contributed by atoms with Crippen molar-refractivity contribution in [3.8, 4) is 0 Å². The van der Waals surface area contributed by atoms with Gasteiger partial charge in [-0.25, -0.2) is 9.59 Å². The minimum atomic E-state index is -0.195. The number of likely N-dealkylation sites (tertiary alicyclic amines) is 2. The van der Waals surface area contributed by atoms with Gasteiger partial charge in [-0.1, -0.05) is 0 Å². The smallest absolute Gasteiger partial charge is 0.319 e. The molecule has 0 aromatic heterocycles. The molecule has 1 aliphatic carbocycles. The number of amides is 5. The Morgan fingerprint density at radius 2 is 1.31 bits per heavy atom. The van der Waals surface area contributed by atoms with Gasteiger partial charge in [-0.15, -0.1) is 0 Å². The summed E-state index contributed by atoms with van der Waals surface area (Å²) < 4.78 is 0. The van der Waals surface area contributed by atoms with Gasteiger partial charge in [0, 0.05) is 49.5 Å². The molecule has 8 heteroatoms. The number of carbonyl (C=O) groups excluding carboxylic acids is 3. The summed E-state index contributed by atoms with van der Waals surface area (Å²) in [4.78, 5) is 40.6. The number of nitrogens with one attached hydrogen (secondary N) is 3. The zero-order valence-electron chi connectivity index (χ0n) is 16.7. The monoisotopic (exact) mass is 399 g/mol. The first-order valence-corrected chi connectivity index (χ1v) is 10.6. The first-order valence-electron chi connectivity index (χ1n) is 10.6. The molecular formula is C21H29N5O3. The van der Waals surface area contributed by atoms with Gasteiger partial charge in [-0.05, 0) is 62.8 Å². The number of carbonyl (C=O) groups is 3. The van der Waals surface area contributed by atoms with Crippen LogP contribution in [0.2, 0.25) is 0 Å². The van der Waals surface area contributed by atoms with E-state index in [0.717, 1.165) is 38.8 Å². The lowest BCUT2D eigenvalue weighted by Crippen LogP contribution is -2.47. The van der Waals surface area contributed by atoms with Crippen molar-refractivity contribution in [1.29, 1.82) is 0 Å². The van der Waals surface area contributed by atoms with Gasteiger partial charge in [0.25, 0.3) is 0 Å². The summed E-state index contributed by atoms with van der Waals surface area (Å²) in [6, 6.07) is 7.37. The molecule has 3 fully saturated rings. The van der Waals surface area contributed by atoms with Gasteiger partial charge in [-0.2, -0.15) is 0 Å². The van der Waals surface area contributed by atoms with Crippen LogP contribution in [0.15, 0.2) is 24.3 Å². The highest BCUT2D eigenvalue weighted by atomic mass is 16.2. The molecule has 2 heterocycles. The number of hydrogen-bond acceptors (Lipinski definition) is 3. The van der Waals surface area contributed by atoms with Crippen LogP contribution in [0, 0.1) is 5.92 Å². The largest absolute Gasteiger partial charge is 0.335 e. The van der Waals surface area contributed by atoms with Crippen LogP contribution >= 0.6 is 0 Å². The highest BCUT2D eigenvalue weighted by molar-refractivity contribution is 5.94. The fourth-order valence-corrected chi connectivity index (χ4v) is 3.90. The standard InChI is InChI=1S/C21H29N5O3/c27-19(15-9-13-26(14-10-15)21(29)25-11-1-2-12-25)22-16-3-5-17(6-4-16)23-20(28)24-18-7-8-18/h3-6,15,18H,1-2,7-14H2,(H,22,27)(H2,23,24,28). The van der Waals surface area contributed by atoms with E-state index in [1.807, 2.05) is 9.80 Å². The van der Waals surface area contributed by atoms with Crippen LogP contribution in [0.4, 0.5) is 21.0 Å².